The van der Waals surface area contributed by atoms with Gasteiger partial charge < -0.3 is 10.6 Å². The molecule has 3 rings (SSSR count). The molecule has 1 fully saturated rings. The molecule has 12 heteroatoms. The number of piperidine rings is 1. The Bertz CT molecular complexity index is 889. The molecule has 0 saturated carbocycles. The summed E-state index contributed by atoms with van der Waals surface area (Å²) in [5.41, 5.74) is 6.53. The summed E-state index contributed by atoms with van der Waals surface area (Å²) in [6.07, 6.45) is 1.19. The molecule has 1 aromatic heterocycles. The summed E-state index contributed by atoms with van der Waals surface area (Å²) in [4.78, 5) is 26.4. The van der Waals surface area contributed by atoms with Crippen molar-refractivity contribution in [3.63, 3.8) is 0 Å². The number of carbonyl (C=O) groups excluding carboxylic acids is 1. The van der Waals surface area contributed by atoms with Crippen molar-refractivity contribution in [3.8, 4) is 11.4 Å². The first-order valence-electron chi connectivity index (χ1n) is 8.50. The fourth-order valence-electron chi connectivity index (χ4n) is 2.93. The molecular weight excluding hydrogens is 503 g/mol. The van der Waals surface area contributed by atoms with E-state index in [1.54, 1.807) is 24.3 Å². The lowest BCUT2D eigenvalue weighted by Crippen LogP contribution is -2.39. The Morgan fingerprint density at radius 2 is 1.52 bits per heavy atom. The number of benzene rings is 1. The lowest BCUT2D eigenvalue weighted by Gasteiger charge is -2.31. The van der Waals surface area contributed by atoms with E-state index >= 15 is 0 Å². The smallest absolute Gasteiger partial charge is 0.250 e. The molecule has 1 aliphatic rings. The van der Waals surface area contributed by atoms with Gasteiger partial charge in [0.25, 0.3) is 0 Å². The van der Waals surface area contributed by atoms with Crippen molar-refractivity contribution in [1.29, 1.82) is 0 Å². The molecule has 29 heavy (non-hydrogen) atoms. The van der Waals surface area contributed by atoms with E-state index in [4.69, 9.17) is 75.3 Å². The van der Waals surface area contributed by atoms with Crippen LogP contribution in [0.1, 0.15) is 24.2 Å². The minimum absolute atomic E-state index is 0.00928. The minimum Gasteiger partial charge on any atom is -0.369 e. The number of nitrogens with zero attached hydrogens (tertiary/aromatic N) is 4. The number of amides is 1. The zero-order valence-electron chi connectivity index (χ0n) is 14.8. The molecule has 156 valence electrons. The van der Waals surface area contributed by atoms with Gasteiger partial charge in [-0.1, -0.05) is 93.9 Å². The molecule has 2 heterocycles. The topological polar surface area (TPSA) is 85.0 Å². The van der Waals surface area contributed by atoms with E-state index in [0.29, 0.717) is 48.8 Å². The number of hydrogen-bond donors (Lipinski definition) is 1. The number of alkyl halides is 6. The van der Waals surface area contributed by atoms with Crippen molar-refractivity contribution in [3.05, 3.63) is 35.7 Å². The summed E-state index contributed by atoms with van der Waals surface area (Å²) < 4.78 is -3.38. The minimum atomic E-state index is -1.84. The molecule has 0 radical (unpaired) electrons. The first-order valence-corrected chi connectivity index (χ1v) is 10.8. The molecule has 2 N–H and O–H groups in total. The molecule has 2 aromatic rings. The van der Waals surface area contributed by atoms with Gasteiger partial charge in [0.05, 0.1) is 0 Å². The molecule has 1 aliphatic heterocycles. The predicted molar refractivity (Wildman–Crippen MR) is 118 cm³/mol. The number of halogens is 6. The van der Waals surface area contributed by atoms with Gasteiger partial charge in [-0.15, -0.1) is 0 Å². The quantitative estimate of drug-likeness (QED) is 0.586. The Kier molecular flexibility index (Phi) is 6.93. The second kappa shape index (κ2) is 8.77. The van der Waals surface area contributed by atoms with Gasteiger partial charge in [-0.3, -0.25) is 4.79 Å². The van der Waals surface area contributed by atoms with Crippen LogP contribution >= 0.6 is 69.6 Å². The maximum atomic E-state index is 11.4. The van der Waals surface area contributed by atoms with E-state index in [2.05, 4.69) is 15.0 Å². The van der Waals surface area contributed by atoms with Gasteiger partial charge in [0.15, 0.2) is 11.6 Å². The number of hydrogen-bond acceptors (Lipinski definition) is 5. The van der Waals surface area contributed by atoms with Gasteiger partial charge in [-0.05, 0) is 12.8 Å². The number of rotatable bonds is 3. The molecule has 0 aliphatic carbocycles. The number of primary amides is 1. The predicted octanol–water partition coefficient (Wildman–Crippen LogP) is 4.89. The van der Waals surface area contributed by atoms with Crippen LogP contribution in [0.3, 0.4) is 0 Å². The first-order chi connectivity index (χ1) is 13.4. The zero-order chi connectivity index (χ0) is 21.4. The Morgan fingerprint density at radius 3 is 2.00 bits per heavy atom. The van der Waals surface area contributed by atoms with Crippen LogP contribution in [0.25, 0.3) is 11.4 Å². The van der Waals surface area contributed by atoms with E-state index in [-0.39, 0.29) is 17.6 Å². The standard InChI is InChI=1S/C17H15Cl6N5O/c18-16(19,20)11-3-1-10(2-4-11)13-25-14(17(21,22)23)27-15(26-13)28-7-5-9(6-8-28)12(24)29/h1-4,9H,5-8H2,(H2,24,29). The summed E-state index contributed by atoms with van der Waals surface area (Å²) in [7, 11) is 0. The average molecular weight is 518 g/mol. The summed E-state index contributed by atoms with van der Waals surface area (Å²) >= 11 is 35.8. The number of nitrogens with two attached hydrogens (primary N) is 1. The highest BCUT2D eigenvalue weighted by atomic mass is 35.6. The third kappa shape index (κ3) is 5.69. The second-order valence-corrected chi connectivity index (χ2v) is 11.1. The van der Waals surface area contributed by atoms with Crippen LogP contribution in [0, 0.1) is 5.92 Å². The van der Waals surface area contributed by atoms with Crippen molar-refractivity contribution in [2.24, 2.45) is 11.7 Å². The van der Waals surface area contributed by atoms with Gasteiger partial charge in [0.1, 0.15) is 0 Å². The molecule has 6 nitrogen and oxygen atoms in total. The van der Waals surface area contributed by atoms with Gasteiger partial charge in [-0.2, -0.15) is 9.97 Å². The highest BCUT2D eigenvalue weighted by Gasteiger charge is 2.31. The zero-order valence-corrected chi connectivity index (χ0v) is 19.3. The maximum Gasteiger partial charge on any atom is 0.250 e. The molecular formula is C17H15Cl6N5O. The van der Waals surface area contributed by atoms with Gasteiger partial charge in [-0.25, -0.2) is 4.98 Å². The van der Waals surface area contributed by atoms with Crippen molar-refractivity contribution in [2.75, 3.05) is 18.0 Å². The summed E-state index contributed by atoms with van der Waals surface area (Å²) in [5, 5.41) is 0. The molecule has 1 saturated heterocycles. The van der Waals surface area contributed by atoms with Crippen LogP contribution in [-0.4, -0.2) is 33.9 Å². The summed E-state index contributed by atoms with van der Waals surface area (Å²) in [5.74, 6) is 0.172. The van der Waals surface area contributed by atoms with Crippen molar-refractivity contribution in [1.82, 2.24) is 15.0 Å². The van der Waals surface area contributed by atoms with E-state index in [0.717, 1.165) is 0 Å². The fraction of sp³-hybridized carbons (Fsp3) is 0.412. The third-order valence-corrected chi connectivity index (χ3v) is 5.69. The SMILES string of the molecule is NC(=O)C1CCN(c2nc(-c3ccc(C(Cl)(Cl)Cl)cc3)nc(C(Cl)(Cl)Cl)n2)CC1. The van der Waals surface area contributed by atoms with Crippen LogP contribution in [0.15, 0.2) is 24.3 Å². The van der Waals surface area contributed by atoms with Gasteiger partial charge in [0, 0.05) is 30.1 Å². The Morgan fingerprint density at radius 1 is 0.931 bits per heavy atom. The first kappa shape index (κ1) is 22.9. The van der Waals surface area contributed by atoms with E-state index in [1.807, 2.05) is 4.90 Å². The van der Waals surface area contributed by atoms with Crippen molar-refractivity contribution >= 4 is 81.5 Å². The van der Waals surface area contributed by atoms with Crippen LogP contribution < -0.4 is 10.6 Å². The monoisotopic (exact) mass is 515 g/mol. The lowest BCUT2D eigenvalue weighted by atomic mass is 9.96. The molecule has 0 spiro atoms. The van der Waals surface area contributed by atoms with E-state index in [9.17, 15) is 4.79 Å². The van der Waals surface area contributed by atoms with Crippen LogP contribution in [0.2, 0.25) is 0 Å². The normalized spacial score (nSPS) is 16.1. The van der Waals surface area contributed by atoms with Crippen LogP contribution in [0.5, 0.6) is 0 Å². The van der Waals surface area contributed by atoms with Gasteiger partial charge in [0.2, 0.25) is 19.4 Å². The van der Waals surface area contributed by atoms with Crippen LogP contribution in [0.4, 0.5) is 5.95 Å². The molecule has 0 bridgehead atoms. The molecule has 0 unspecified atom stereocenters. The molecule has 1 aromatic carbocycles. The maximum absolute atomic E-state index is 11.4. The second-order valence-electron chi connectivity index (χ2n) is 6.52. The van der Waals surface area contributed by atoms with Crippen molar-refractivity contribution < 1.29 is 4.79 Å². The Hall–Kier alpha value is -0.760. The molecule has 1 amide bonds. The Labute approximate surface area is 197 Å². The largest absolute Gasteiger partial charge is 0.369 e. The lowest BCUT2D eigenvalue weighted by molar-refractivity contribution is -0.122. The summed E-state index contributed by atoms with van der Waals surface area (Å²) in [6, 6.07) is 6.72. The number of anilines is 1. The molecule has 0 atom stereocenters. The Balaban J connectivity index is 1.96. The average Bonchev–Trinajstić information content (AvgIpc) is 2.66. The fourth-order valence-corrected chi connectivity index (χ4v) is 3.57. The number of aromatic nitrogens is 3. The van der Waals surface area contributed by atoms with Crippen molar-refractivity contribution in [2.45, 2.75) is 20.4 Å². The number of carbonyl (C=O) groups is 1. The highest BCUT2D eigenvalue weighted by molar-refractivity contribution is 6.67. The van der Waals surface area contributed by atoms with E-state index in [1.165, 1.54) is 0 Å². The third-order valence-electron chi connectivity index (χ3n) is 4.53. The van der Waals surface area contributed by atoms with E-state index < -0.39 is 7.59 Å². The van der Waals surface area contributed by atoms with Crippen LogP contribution in [-0.2, 0) is 12.4 Å². The summed E-state index contributed by atoms with van der Waals surface area (Å²) in [6.45, 7) is 1.09. The van der Waals surface area contributed by atoms with Gasteiger partial charge >= 0.3 is 0 Å². The highest BCUT2D eigenvalue weighted by Crippen LogP contribution is 2.40.